The predicted molar refractivity (Wildman–Crippen MR) is 80.7 cm³/mol. The summed E-state index contributed by atoms with van der Waals surface area (Å²) in [6.07, 6.45) is -0.151. The second kappa shape index (κ2) is 7.31. The Labute approximate surface area is 126 Å². The zero-order valence-electron chi connectivity index (χ0n) is 9.97. The Balaban J connectivity index is 0.00000162. The van der Waals surface area contributed by atoms with Crippen LogP contribution in [0.15, 0.2) is 6.07 Å². The Morgan fingerprint density at radius 2 is 2.39 bits per heavy atom. The van der Waals surface area contributed by atoms with Crippen LogP contribution < -0.4 is 9.64 Å². The van der Waals surface area contributed by atoms with Crippen molar-refractivity contribution in [2.24, 2.45) is 0 Å². The number of morpholine rings is 1. The Bertz CT molecular complexity index is 397. The van der Waals surface area contributed by atoms with E-state index in [0.717, 1.165) is 16.1 Å². The number of hydrogen-bond donors (Lipinski definition) is 1. The summed E-state index contributed by atoms with van der Waals surface area (Å²) in [7, 11) is 1.55. The first-order valence-electron chi connectivity index (χ1n) is 5.29. The van der Waals surface area contributed by atoms with Gasteiger partial charge in [0.2, 0.25) is 0 Å². The van der Waals surface area contributed by atoms with E-state index < -0.39 is 0 Å². The summed E-state index contributed by atoms with van der Waals surface area (Å²) in [6.45, 7) is 2.00. The van der Waals surface area contributed by atoms with Crippen LogP contribution in [0.25, 0.3) is 0 Å². The molecule has 1 atom stereocenters. The summed E-state index contributed by atoms with van der Waals surface area (Å²) in [5.41, 5.74) is 0. The highest BCUT2D eigenvalue weighted by atomic mass is 127. The van der Waals surface area contributed by atoms with E-state index >= 15 is 0 Å². The summed E-state index contributed by atoms with van der Waals surface area (Å²) in [5.74, 6) is 0.808. The molecule has 2 rings (SSSR count). The van der Waals surface area contributed by atoms with E-state index in [2.05, 4.69) is 37.5 Å². The Morgan fingerprint density at radius 3 is 3.06 bits per heavy atom. The van der Waals surface area contributed by atoms with Gasteiger partial charge in [-0.15, -0.1) is 0 Å². The van der Waals surface area contributed by atoms with Crippen LogP contribution in [0.1, 0.15) is 0 Å². The molecule has 1 aromatic rings. The molecule has 0 amide bonds. The van der Waals surface area contributed by atoms with Crippen LogP contribution in [0.5, 0.6) is 6.01 Å². The lowest BCUT2D eigenvalue weighted by Gasteiger charge is -2.32. The second-order valence-corrected chi connectivity index (χ2v) is 4.76. The number of methoxy groups -OCH3 is 1. The first-order chi connectivity index (χ1) is 8.22. The fourth-order valence-electron chi connectivity index (χ4n) is 1.68. The van der Waals surface area contributed by atoms with Gasteiger partial charge in [-0.25, -0.2) is 0 Å². The molecule has 0 unspecified atom stereocenters. The molecule has 18 heavy (non-hydrogen) atoms. The summed E-state index contributed by atoms with van der Waals surface area (Å²) >= 11 is 2.13. The molecule has 6 nitrogen and oxygen atoms in total. The normalized spacial score (nSPS) is 19.3. The fourth-order valence-corrected chi connectivity index (χ4v) is 2.16. The van der Waals surface area contributed by atoms with E-state index in [1.165, 1.54) is 0 Å². The van der Waals surface area contributed by atoms with Crippen molar-refractivity contribution in [3.8, 4) is 6.01 Å². The van der Waals surface area contributed by atoms with Crippen LogP contribution >= 0.6 is 36.1 Å². The number of nitrogens with zero attached hydrogens (tertiary/aromatic N) is 3. The largest absolute Gasteiger partial charge is 0.467 e. The molecule has 0 radical (unpaired) electrons. The molecular formula is C10H16IN3O3S. The van der Waals surface area contributed by atoms with Gasteiger partial charge in [0.05, 0.1) is 26.4 Å². The first-order valence-corrected chi connectivity index (χ1v) is 6.37. The standard InChI is InChI=1S/C10H14IN3O3.H2S/c1-16-10-12-8(11)4-9(13-10)14-2-3-17-7(5-14)6-15;/h4,7,15H,2-3,5-6H2,1H3;1H2/t7-;/m0./s1. The van der Waals surface area contributed by atoms with Crippen molar-refractivity contribution in [3.05, 3.63) is 9.77 Å². The SMILES string of the molecule is COc1nc(I)cc(N2CCO[C@H](CO)C2)n1.S. The molecular weight excluding hydrogens is 369 g/mol. The van der Waals surface area contributed by atoms with Gasteiger partial charge in [0.1, 0.15) is 9.52 Å². The zero-order chi connectivity index (χ0) is 12.3. The van der Waals surface area contributed by atoms with Gasteiger partial charge in [0.15, 0.2) is 0 Å². The van der Waals surface area contributed by atoms with Crippen molar-refractivity contribution in [1.82, 2.24) is 9.97 Å². The van der Waals surface area contributed by atoms with Crippen molar-refractivity contribution < 1.29 is 14.6 Å². The van der Waals surface area contributed by atoms with Gasteiger partial charge in [-0.1, -0.05) is 0 Å². The van der Waals surface area contributed by atoms with Crippen LogP contribution in [0.4, 0.5) is 5.82 Å². The van der Waals surface area contributed by atoms with Crippen molar-refractivity contribution in [1.29, 1.82) is 0 Å². The maximum atomic E-state index is 9.10. The fraction of sp³-hybridized carbons (Fsp3) is 0.600. The van der Waals surface area contributed by atoms with Crippen LogP contribution in [-0.4, -0.2) is 54.6 Å². The number of rotatable bonds is 3. The van der Waals surface area contributed by atoms with Crippen LogP contribution in [0, 0.1) is 3.70 Å². The minimum absolute atomic E-state index is 0. The average molecular weight is 385 g/mol. The quantitative estimate of drug-likeness (QED) is 0.600. The van der Waals surface area contributed by atoms with Gasteiger partial charge in [0.25, 0.3) is 0 Å². The maximum Gasteiger partial charge on any atom is 0.319 e. The van der Waals surface area contributed by atoms with Gasteiger partial charge in [-0.3, -0.25) is 0 Å². The van der Waals surface area contributed by atoms with Crippen molar-refractivity contribution in [2.45, 2.75) is 6.10 Å². The summed E-state index contributed by atoms with van der Waals surface area (Å²) in [6, 6.07) is 2.25. The van der Waals surface area contributed by atoms with Crippen LogP contribution in [0.2, 0.25) is 0 Å². The lowest BCUT2D eigenvalue weighted by atomic mass is 10.3. The summed E-state index contributed by atoms with van der Waals surface area (Å²) < 4.78 is 11.3. The Morgan fingerprint density at radius 1 is 1.61 bits per heavy atom. The first kappa shape index (κ1) is 15.7. The Hall–Kier alpha value is -0.320. The molecule has 0 saturated carbocycles. The van der Waals surface area contributed by atoms with E-state index in [-0.39, 0.29) is 26.2 Å². The van der Waals surface area contributed by atoms with Gasteiger partial charge in [0, 0.05) is 19.2 Å². The number of aliphatic hydroxyl groups excluding tert-OH is 1. The summed E-state index contributed by atoms with van der Waals surface area (Å²) in [4.78, 5) is 10.5. The van der Waals surface area contributed by atoms with Gasteiger partial charge in [-0.05, 0) is 22.6 Å². The molecule has 0 aliphatic carbocycles. The molecule has 8 heteroatoms. The van der Waals surface area contributed by atoms with Gasteiger partial charge >= 0.3 is 6.01 Å². The van der Waals surface area contributed by atoms with Gasteiger partial charge in [-0.2, -0.15) is 23.5 Å². The van der Waals surface area contributed by atoms with E-state index in [1.54, 1.807) is 7.11 Å². The predicted octanol–water partition coefficient (Wildman–Crippen LogP) is 0.400. The third-order valence-electron chi connectivity index (χ3n) is 2.51. The van der Waals surface area contributed by atoms with Crippen LogP contribution in [0.3, 0.4) is 0 Å². The average Bonchev–Trinajstić information content (AvgIpc) is 2.38. The zero-order valence-corrected chi connectivity index (χ0v) is 13.1. The summed E-state index contributed by atoms with van der Waals surface area (Å²) in [5, 5.41) is 9.10. The topological polar surface area (TPSA) is 67.7 Å². The number of ether oxygens (including phenoxy) is 2. The highest BCUT2D eigenvalue weighted by Crippen LogP contribution is 2.19. The minimum Gasteiger partial charge on any atom is -0.467 e. The number of anilines is 1. The monoisotopic (exact) mass is 385 g/mol. The van der Waals surface area contributed by atoms with E-state index in [1.807, 2.05) is 6.07 Å². The number of aliphatic hydroxyl groups is 1. The molecule has 102 valence electrons. The van der Waals surface area contributed by atoms with E-state index in [4.69, 9.17) is 14.6 Å². The molecule has 0 bridgehead atoms. The lowest BCUT2D eigenvalue weighted by molar-refractivity contribution is 0.00332. The van der Waals surface area contributed by atoms with Gasteiger partial charge < -0.3 is 19.5 Å². The molecule has 1 fully saturated rings. The molecule has 1 aliphatic heterocycles. The van der Waals surface area contributed by atoms with E-state index in [0.29, 0.717) is 19.2 Å². The molecule has 2 heterocycles. The number of hydrogen-bond acceptors (Lipinski definition) is 6. The highest BCUT2D eigenvalue weighted by Gasteiger charge is 2.21. The van der Waals surface area contributed by atoms with Crippen molar-refractivity contribution >= 4 is 41.9 Å². The molecule has 1 aromatic heterocycles. The van der Waals surface area contributed by atoms with E-state index in [9.17, 15) is 0 Å². The highest BCUT2D eigenvalue weighted by molar-refractivity contribution is 14.1. The maximum absolute atomic E-state index is 9.10. The molecule has 0 spiro atoms. The van der Waals surface area contributed by atoms with Crippen molar-refractivity contribution in [2.75, 3.05) is 38.3 Å². The third-order valence-corrected chi connectivity index (χ3v) is 3.06. The van der Waals surface area contributed by atoms with Crippen molar-refractivity contribution in [3.63, 3.8) is 0 Å². The Kier molecular flexibility index (Phi) is 6.39. The smallest absolute Gasteiger partial charge is 0.319 e. The molecule has 1 N–H and O–H groups in total. The number of aromatic nitrogens is 2. The molecule has 1 saturated heterocycles. The number of halogens is 1. The molecule has 1 aliphatic rings. The minimum atomic E-state index is -0.151. The molecule has 0 aromatic carbocycles. The van der Waals surface area contributed by atoms with Crippen LogP contribution in [-0.2, 0) is 4.74 Å². The lowest BCUT2D eigenvalue weighted by Crippen LogP contribution is -2.44. The second-order valence-electron chi connectivity index (χ2n) is 3.66. The third kappa shape index (κ3) is 3.84.